The summed E-state index contributed by atoms with van der Waals surface area (Å²) in [5.41, 5.74) is 6.06. The van der Waals surface area contributed by atoms with Gasteiger partial charge < -0.3 is 0 Å². The molecule has 5 heteroatoms. The molecular formula is C14H14FN3O. The standard InChI is InChI=1S/C14H14FN3O/c1-10(13-8-4-5-9-16-13)17-18-14(19)11-6-2-3-7-12(11)15/h2-10,17H,1H3,(H,18,19). The molecule has 1 aromatic heterocycles. The van der Waals surface area contributed by atoms with Crippen molar-refractivity contribution in [3.05, 3.63) is 65.7 Å². The first-order valence-corrected chi connectivity index (χ1v) is 5.90. The van der Waals surface area contributed by atoms with Crippen LogP contribution in [0.3, 0.4) is 0 Å². The van der Waals surface area contributed by atoms with Crippen LogP contribution in [0.25, 0.3) is 0 Å². The molecule has 0 aliphatic rings. The highest BCUT2D eigenvalue weighted by molar-refractivity contribution is 5.94. The fourth-order valence-electron chi connectivity index (χ4n) is 1.59. The van der Waals surface area contributed by atoms with Crippen LogP contribution in [0.2, 0.25) is 0 Å². The Morgan fingerprint density at radius 3 is 2.63 bits per heavy atom. The van der Waals surface area contributed by atoms with Crippen LogP contribution >= 0.6 is 0 Å². The number of halogens is 1. The maximum atomic E-state index is 13.4. The Hall–Kier alpha value is -2.27. The number of benzene rings is 1. The zero-order chi connectivity index (χ0) is 13.7. The minimum absolute atomic E-state index is 0.00298. The van der Waals surface area contributed by atoms with E-state index in [1.165, 1.54) is 18.2 Å². The lowest BCUT2D eigenvalue weighted by Gasteiger charge is -2.14. The molecule has 1 heterocycles. The molecule has 0 aliphatic carbocycles. The molecule has 1 unspecified atom stereocenters. The smallest absolute Gasteiger partial charge is 0.268 e. The summed E-state index contributed by atoms with van der Waals surface area (Å²) >= 11 is 0. The van der Waals surface area contributed by atoms with Gasteiger partial charge in [-0.25, -0.2) is 9.82 Å². The lowest BCUT2D eigenvalue weighted by Crippen LogP contribution is -2.39. The average molecular weight is 259 g/mol. The Morgan fingerprint density at radius 2 is 1.95 bits per heavy atom. The Kier molecular flexibility index (Phi) is 4.20. The Bertz CT molecular complexity index is 560. The van der Waals surface area contributed by atoms with Crippen molar-refractivity contribution in [2.75, 3.05) is 0 Å². The van der Waals surface area contributed by atoms with Crippen molar-refractivity contribution in [2.24, 2.45) is 0 Å². The number of carbonyl (C=O) groups excluding carboxylic acids is 1. The third kappa shape index (κ3) is 3.35. The molecule has 0 saturated carbocycles. The monoisotopic (exact) mass is 259 g/mol. The number of rotatable bonds is 4. The van der Waals surface area contributed by atoms with Crippen LogP contribution in [0.15, 0.2) is 48.7 Å². The van der Waals surface area contributed by atoms with Gasteiger partial charge in [0.2, 0.25) is 0 Å². The third-order valence-electron chi connectivity index (χ3n) is 2.65. The molecule has 0 bridgehead atoms. The van der Waals surface area contributed by atoms with E-state index in [1.54, 1.807) is 12.3 Å². The summed E-state index contributed by atoms with van der Waals surface area (Å²) in [7, 11) is 0. The summed E-state index contributed by atoms with van der Waals surface area (Å²) in [4.78, 5) is 15.9. The quantitative estimate of drug-likeness (QED) is 0.828. The molecule has 4 nitrogen and oxygen atoms in total. The Labute approximate surface area is 110 Å². The van der Waals surface area contributed by atoms with Crippen molar-refractivity contribution in [1.29, 1.82) is 0 Å². The van der Waals surface area contributed by atoms with Crippen LogP contribution in [-0.4, -0.2) is 10.9 Å². The van der Waals surface area contributed by atoms with Crippen LogP contribution in [0.4, 0.5) is 4.39 Å². The van der Waals surface area contributed by atoms with Crippen LogP contribution < -0.4 is 10.9 Å². The predicted molar refractivity (Wildman–Crippen MR) is 69.7 cm³/mol. The van der Waals surface area contributed by atoms with Crippen molar-refractivity contribution < 1.29 is 9.18 Å². The largest absolute Gasteiger partial charge is 0.287 e. The van der Waals surface area contributed by atoms with Crippen molar-refractivity contribution in [3.8, 4) is 0 Å². The van der Waals surface area contributed by atoms with Gasteiger partial charge in [0.15, 0.2) is 0 Å². The molecule has 0 fully saturated rings. The van der Waals surface area contributed by atoms with Crippen LogP contribution in [-0.2, 0) is 0 Å². The number of aromatic nitrogens is 1. The van der Waals surface area contributed by atoms with Crippen molar-refractivity contribution >= 4 is 5.91 Å². The fourth-order valence-corrected chi connectivity index (χ4v) is 1.59. The highest BCUT2D eigenvalue weighted by atomic mass is 19.1. The van der Waals surface area contributed by atoms with E-state index in [1.807, 2.05) is 25.1 Å². The third-order valence-corrected chi connectivity index (χ3v) is 2.65. The van der Waals surface area contributed by atoms with Gasteiger partial charge in [0.25, 0.3) is 5.91 Å². The second-order valence-electron chi connectivity index (χ2n) is 4.05. The minimum atomic E-state index is -0.549. The summed E-state index contributed by atoms with van der Waals surface area (Å²) in [5, 5.41) is 0. The van der Waals surface area contributed by atoms with Gasteiger partial charge in [-0.3, -0.25) is 15.2 Å². The second kappa shape index (κ2) is 6.06. The highest BCUT2D eigenvalue weighted by Gasteiger charge is 2.12. The van der Waals surface area contributed by atoms with E-state index in [9.17, 15) is 9.18 Å². The van der Waals surface area contributed by atoms with E-state index in [2.05, 4.69) is 15.8 Å². The van der Waals surface area contributed by atoms with Gasteiger partial charge >= 0.3 is 0 Å². The van der Waals surface area contributed by atoms with Gasteiger partial charge in [-0.05, 0) is 31.2 Å². The van der Waals surface area contributed by atoms with Gasteiger partial charge in [0.05, 0.1) is 17.3 Å². The van der Waals surface area contributed by atoms with E-state index in [0.717, 1.165) is 5.69 Å². The minimum Gasteiger partial charge on any atom is -0.287 e. The average Bonchev–Trinajstić information content (AvgIpc) is 2.46. The van der Waals surface area contributed by atoms with Crippen LogP contribution in [0.1, 0.15) is 29.0 Å². The molecule has 0 spiro atoms. The molecular weight excluding hydrogens is 245 g/mol. The Morgan fingerprint density at radius 1 is 1.21 bits per heavy atom. The molecule has 2 rings (SSSR count). The van der Waals surface area contributed by atoms with Crippen LogP contribution in [0.5, 0.6) is 0 Å². The number of hydrazine groups is 1. The SMILES string of the molecule is CC(NNC(=O)c1ccccc1F)c1ccccn1. The lowest BCUT2D eigenvalue weighted by molar-refractivity contribution is 0.0922. The predicted octanol–water partition coefficient (Wildman–Crippen LogP) is 2.22. The topological polar surface area (TPSA) is 54.0 Å². The van der Waals surface area contributed by atoms with Crippen LogP contribution in [0, 0.1) is 5.82 Å². The first kappa shape index (κ1) is 13.2. The van der Waals surface area contributed by atoms with E-state index in [-0.39, 0.29) is 11.6 Å². The number of pyridine rings is 1. The highest BCUT2D eigenvalue weighted by Crippen LogP contribution is 2.08. The van der Waals surface area contributed by atoms with Crippen molar-refractivity contribution in [3.63, 3.8) is 0 Å². The van der Waals surface area contributed by atoms with E-state index in [4.69, 9.17) is 0 Å². The molecule has 1 aromatic carbocycles. The van der Waals surface area contributed by atoms with Gasteiger partial charge in [0.1, 0.15) is 5.82 Å². The van der Waals surface area contributed by atoms with Gasteiger partial charge in [-0.15, -0.1) is 0 Å². The molecule has 98 valence electrons. The maximum Gasteiger partial charge on any atom is 0.268 e. The van der Waals surface area contributed by atoms with Gasteiger partial charge in [-0.1, -0.05) is 18.2 Å². The number of nitrogens with zero attached hydrogens (tertiary/aromatic N) is 1. The number of hydrogen-bond donors (Lipinski definition) is 2. The van der Waals surface area contributed by atoms with E-state index < -0.39 is 11.7 Å². The maximum absolute atomic E-state index is 13.4. The number of amides is 1. The molecule has 0 saturated heterocycles. The summed E-state index contributed by atoms with van der Waals surface area (Å²) < 4.78 is 13.4. The molecule has 0 aliphatic heterocycles. The first-order valence-electron chi connectivity index (χ1n) is 5.90. The summed E-state index contributed by atoms with van der Waals surface area (Å²) in [5.74, 6) is -1.06. The van der Waals surface area contributed by atoms with E-state index in [0.29, 0.717) is 0 Å². The zero-order valence-corrected chi connectivity index (χ0v) is 10.4. The molecule has 1 atom stereocenters. The number of carbonyl (C=O) groups is 1. The lowest BCUT2D eigenvalue weighted by atomic mass is 10.2. The molecule has 2 N–H and O–H groups in total. The first-order chi connectivity index (χ1) is 9.18. The number of hydrogen-bond acceptors (Lipinski definition) is 3. The fraction of sp³-hybridized carbons (Fsp3) is 0.143. The second-order valence-corrected chi connectivity index (χ2v) is 4.05. The Balaban J connectivity index is 1.96. The molecule has 2 aromatic rings. The molecule has 19 heavy (non-hydrogen) atoms. The summed E-state index contributed by atoms with van der Waals surface area (Å²) in [6.07, 6.45) is 1.67. The van der Waals surface area contributed by atoms with Crippen molar-refractivity contribution in [2.45, 2.75) is 13.0 Å². The molecule has 0 radical (unpaired) electrons. The van der Waals surface area contributed by atoms with Gasteiger partial charge in [-0.2, -0.15) is 0 Å². The zero-order valence-electron chi connectivity index (χ0n) is 10.4. The summed E-state index contributed by atoms with van der Waals surface area (Å²) in [6.45, 7) is 1.85. The normalized spacial score (nSPS) is 11.9. The van der Waals surface area contributed by atoms with Crippen molar-refractivity contribution in [1.82, 2.24) is 15.8 Å². The van der Waals surface area contributed by atoms with E-state index >= 15 is 0 Å². The number of nitrogens with one attached hydrogen (secondary N) is 2. The summed E-state index contributed by atoms with van der Waals surface area (Å²) in [6, 6.07) is 11.2. The molecule has 1 amide bonds. The van der Waals surface area contributed by atoms with Gasteiger partial charge in [0, 0.05) is 6.20 Å².